The second-order valence-electron chi connectivity index (χ2n) is 6.85. The van der Waals surface area contributed by atoms with E-state index in [0.29, 0.717) is 25.8 Å². The van der Waals surface area contributed by atoms with Gasteiger partial charge in [-0.05, 0) is 43.2 Å². The average Bonchev–Trinajstić information content (AvgIpc) is 2.77. The van der Waals surface area contributed by atoms with Gasteiger partial charge in [0, 0.05) is 12.1 Å². The number of amides is 1. The zero-order valence-electron chi connectivity index (χ0n) is 16.4. The minimum Gasteiger partial charge on any atom is -0.508 e. The summed E-state index contributed by atoms with van der Waals surface area (Å²) in [5, 5.41) is 9.40. The van der Waals surface area contributed by atoms with Gasteiger partial charge in [-0.2, -0.15) is 0 Å². The fourth-order valence-electron chi connectivity index (χ4n) is 3.19. The number of carbonyl (C=O) groups is 2. The lowest BCUT2D eigenvalue weighted by Gasteiger charge is -2.24. The minimum atomic E-state index is -0.767. The number of phenolic OH excluding ortho intramolecular Hbond substituents is 1. The zero-order chi connectivity index (χ0) is 20.6. The van der Waals surface area contributed by atoms with E-state index in [2.05, 4.69) is 4.98 Å². The molecule has 1 atom stereocenters. The Balaban J connectivity index is 1.73. The first-order valence-corrected chi connectivity index (χ1v) is 9.64. The van der Waals surface area contributed by atoms with Gasteiger partial charge in [0.2, 0.25) is 5.91 Å². The molecule has 1 N–H and O–H groups in total. The van der Waals surface area contributed by atoms with Crippen molar-refractivity contribution in [3.05, 3.63) is 84.1 Å². The number of hydrogen-bond donors (Lipinski definition) is 1. The average molecular weight is 388 g/mol. The fourth-order valence-corrected chi connectivity index (χ4v) is 3.19. The Kier molecular flexibility index (Phi) is 6.74. The van der Waals surface area contributed by atoms with Crippen LogP contribution in [0.1, 0.15) is 18.2 Å². The lowest BCUT2D eigenvalue weighted by atomic mass is 9.99. The van der Waals surface area contributed by atoms with Gasteiger partial charge in [0.15, 0.2) is 0 Å². The first kappa shape index (κ1) is 20.3. The molecule has 1 aromatic heterocycles. The van der Waals surface area contributed by atoms with E-state index >= 15 is 0 Å². The van der Waals surface area contributed by atoms with Crippen molar-refractivity contribution in [3.63, 3.8) is 0 Å². The van der Waals surface area contributed by atoms with Gasteiger partial charge in [-0.1, -0.05) is 48.5 Å². The highest BCUT2D eigenvalue weighted by Crippen LogP contribution is 2.19. The molecule has 5 heteroatoms. The molecule has 2 aromatic carbocycles. The molecule has 0 aliphatic heterocycles. The minimum absolute atomic E-state index is 0.155. The van der Waals surface area contributed by atoms with Gasteiger partial charge in [-0.25, -0.2) is 0 Å². The van der Waals surface area contributed by atoms with Crippen molar-refractivity contribution < 1.29 is 14.7 Å². The molecule has 0 saturated heterocycles. The maximum atomic E-state index is 13.0. The Bertz CT molecular complexity index is 955. The summed E-state index contributed by atoms with van der Waals surface area (Å²) in [6.07, 6.45) is 1.00. The van der Waals surface area contributed by atoms with E-state index in [0.717, 1.165) is 22.5 Å². The van der Waals surface area contributed by atoms with E-state index in [9.17, 15) is 14.7 Å². The van der Waals surface area contributed by atoms with Gasteiger partial charge in [0.05, 0.1) is 23.9 Å². The molecule has 0 aliphatic carbocycles. The summed E-state index contributed by atoms with van der Waals surface area (Å²) in [6, 6.07) is 22.2. The lowest BCUT2D eigenvalue weighted by Crippen LogP contribution is -2.37. The van der Waals surface area contributed by atoms with Crippen LogP contribution in [-0.4, -0.2) is 33.7 Å². The van der Waals surface area contributed by atoms with Gasteiger partial charge in [0.25, 0.3) is 0 Å². The molecular formula is C24H24N2O3. The normalized spacial score (nSPS) is 11.6. The molecule has 1 amide bonds. The van der Waals surface area contributed by atoms with Crippen molar-refractivity contribution in [3.8, 4) is 17.0 Å². The van der Waals surface area contributed by atoms with Gasteiger partial charge in [0.1, 0.15) is 12.0 Å². The number of aromatic nitrogens is 1. The van der Waals surface area contributed by atoms with Crippen molar-refractivity contribution in [2.75, 3.05) is 6.54 Å². The van der Waals surface area contributed by atoms with Crippen molar-refractivity contribution in [2.45, 2.75) is 19.9 Å². The molecule has 1 heterocycles. The molecule has 0 aliphatic rings. The van der Waals surface area contributed by atoms with E-state index in [4.69, 9.17) is 0 Å². The summed E-state index contributed by atoms with van der Waals surface area (Å²) in [4.78, 5) is 30.9. The highest BCUT2D eigenvalue weighted by atomic mass is 16.3. The molecule has 0 spiro atoms. The van der Waals surface area contributed by atoms with Crippen LogP contribution in [0.3, 0.4) is 0 Å². The number of nitrogens with zero attached hydrogens (tertiary/aromatic N) is 2. The third kappa shape index (κ3) is 5.29. The van der Waals surface area contributed by atoms with E-state index in [1.165, 1.54) is 0 Å². The molecule has 1 unspecified atom stereocenters. The van der Waals surface area contributed by atoms with E-state index in [1.54, 1.807) is 29.2 Å². The third-order valence-corrected chi connectivity index (χ3v) is 4.80. The Morgan fingerprint density at radius 3 is 2.41 bits per heavy atom. The van der Waals surface area contributed by atoms with E-state index in [1.807, 2.05) is 55.5 Å². The molecule has 29 heavy (non-hydrogen) atoms. The summed E-state index contributed by atoms with van der Waals surface area (Å²) < 4.78 is 0. The number of rotatable bonds is 8. The van der Waals surface area contributed by atoms with Crippen molar-refractivity contribution in [2.24, 2.45) is 5.92 Å². The zero-order valence-corrected chi connectivity index (χ0v) is 16.4. The van der Waals surface area contributed by atoms with Crippen LogP contribution in [-0.2, 0) is 22.6 Å². The Morgan fingerprint density at radius 1 is 1.03 bits per heavy atom. The standard InChI is InChI=1S/C24H24N2O3/c1-2-26(24(29)20(17-27)15-18-11-13-22(28)14-12-18)16-21-9-6-10-23(25-21)19-7-4-3-5-8-19/h3-14,17,20,28H,2,15-16H2,1H3. The largest absolute Gasteiger partial charge is 0.508 e. The van der Waals surface area contributed by atoms with Crippen molar-refractivity contribution in [1.82, 2.24) is 9.88 Å². The number of aldehydes is 1. The SMILES string of the molecule is CCN(Cc1cccc(-c2ccccc2)n1)C(=O)C(C=O)Cc1ccc(O)cc1. The number of benzene rings is 2. The van der Waals surface area contributed by atoms with E-state index in [-0.39, 0.29) is 11.7 Å². The number of hydrogen-bond acceptors (Lipinski definition) is 4. The highest BCUT2D eigenvalue weighted by Gasteiger charge is 2.24. The molecule has 5 nitrogen and oxygen atoms in total. The molecule has 0 radical (unpaired) electrons. The Labute approximate surface area is 170 Å². The molecule has 148 valence electrons. The Morgan fingerprint density at radius 2 is 1.76 bits per heavy atom. The van der Waals surface area contributed by atoms with Crippen LogP contribution < -0.4 is 0 Å². The maximum Gasteiger partial charge on any atom is 0.233 e. The first-order chi connectivity index (χ1) is 14.1. The smallest absolute Gasteiger partial charge is 0.233 e. The van der Waals surface area contributed by atoms with Crippen molar-refractivity contribution in [1.29, 1.82) is 0 Å². The van der Waals surface area contributed by atoms with E-state index < -0.39 is 5.92 Å². The van der Waals surface area contributed by atoms with Crippen LogP contribution in [0.2, 0.25) is 0 Å². The molecule has 3 aromatic rings. The Hall–Kier alpha value is -3.47. The van der Waals surface area contributed by atoms with Gasteiger partial charge >= 0.3 is 0 Å². The molecule has 0 saturated carbocycles. The number of phenols is 1. The van der Waals surface area contributed by atoms with Crippen LogP contribution in [0.15, 0.2) is 72.8 Å². The second kappa shape index (κ2) is 9.64. The van der Waals surface area contributed by atoms with Gasteiger partial charge in [-0.3, -0.25) is 9.78 Å². The second-order valence-corrected chi connectivity index (χ2v) is 6.85. The third-order valence-electron chi connectivity index (χ3n) is 4.80. The van der Waals surface area contributed by atoms with Gasteiger partial charge in [-0.15, -0.1) is 0 Å². The number of carbonyl (C=O) groups excluding carboxylic acids is 2. The number of aromatic hydroxyl groups is 1. The summed E-state index contributed by atoms with van der Waals surface area (Å²) in [7, 11) is 0. The van der Waals surface area contributed by atoms with Crippen LogP contribution in [0.4, 0.5) is 0 Å². The predicted octanol–water partition coefficient (Wildman–Crippen LogP) is 3.86. The molecular weight excluding hydrogens is 364 g/mol. The summed E-state index contributed by atoms with van der Waals surface area (Å²) in [5.41, 5.74) is 3.47. The monoisotopic (exact) mass is 388 g/mol. The van der Waals surface area contributed by atoms with Crippen LogP contribution in [0, 0.1) is 5.92 Å². The predicted molar refractivity (Wildman–Crippen MR) is 112 cm³/mol. The first-order valence-electron chi connectivity index (χ1n) is 9.64. The lowest BCUT2D eigenvalue weighted by molar-refractivity contribution is -0.138. The summed E-state index contributed by atoms with van der Waals surface area (Å²) >= 11 is 0. The fraction of sp³-hybridized carbons (Fsp3) is 0.208. The topological polar surface area (TPSA) is 70.5 Å². The molecule has 0 fully saturated rings. The molecule has 0 bridgehead atoms. The summed E-state index contributed by atoms with van der Waals surface area (Å²) in [5.74, 6) is -0.832. The maximum absolute atomic E-state index is 13.0. The van der Waals surface area contributed by atoms with Gasteiger partial charge < -0.3 is 14.8 Å². The molecule has 3 rings (SSSR count). The van der Waals surface area contributed by atoms with Crippen LogP contribution in [0.25, 0.3) is 11.3 Å². The highest BCUT2D eigenvalue weighted by molar-refractivity contribution is 5.92. The van der Waals surface area contributed by atoms with Crippen molar-refractivity contribution >= 4 is 12.2 Å². The van der Waals surface area contributed by atoms with Crippen LogP contribution >= 0.6 is 0 Å². The number of pyridine rings is 1. The quantitative estimate of drug-likeness (QED) is 0.470. The summed E-state index contributed by atoms with van der Waals surface area (Å²) in [6.45, 7) is 2.72. The van der Waals surface area contributed by atoms with Crippen LogP contribution in [0.5, 0.6) is 5.75 Å².